The summed E-state index contributed by atoms with van der Waals surface area (Å²) in [5.74, 6) is -0.226. The number of nitro groups is 1. The lowest BCUT2D eigenvalue weighted by atomic mass is 10.2. The van der Waals surface area contributed by atoms with E-state index in [2.05, 4.69) is 9.72 Å². The molecule has 0 atom stereocenters. The van der Waals surface area contributed by atoms with Crippen LogP contribution in [0.3, 0.4) is 0 Å². The summed E-state index contributed by atoms with van der Waals surface area (Å²) in [6.07, 6.45) is 0. The van der Waals surface area contributed by atoms with E-state index in [0.29, 0.717) is 22.2 Å². The van der Waals surface area contributed by atoms with Gasteiger partial charge in [0.15, 0.2) is 5.58 Å². The summed E-state index contributed by atoms with van der Waals surface area (Å²) in [6, 6.07) is 10.7. The minimum absolute atomic E-state index is 0.0463. The molecule has 0 aliphatic carbocycles. The Morgan fingerprint density at radius 1 is 1.27 bits per heavy atom. The highest BCUT2D eigenvalue weighted by molar-refractivity contribution is 5.93. The van der Waals surface area contributed by atoms with Gasteiger partial charge >= 0.3 is 5.97 Å². The maximum Gasteiger partial charge on any atom is 0.337 e. The summed E-state index contributed by atoms with van der Waals surface area (Å²) < 4.78 is 10.2. The molecule has 3 aromatic rings. The Balaban J connectivity index is 2.07. The Morgan fingerprint density at radius 3 is 2.82 bits per heavy atom. The normalized spacial score (nSPS) is 10.6. The second-order valence-electron chi connectivity index (χ2n) is 4.50. The number of hydrogen-bond acceptors (Lipinski definition) is 6. The first-order valence-electron chi connectivity index (χ1n) is 6.32. The number of hydrogen-bond donors (Lipinski definition) is 0. The molecule has 1 heterocycles. The van der Waals surface area contributed by atoms with Crippen molar-refractivity contribution in [1.29, 1.82) is 0 Å². The van der Waals surface area contributed by atoms with Crippen molar-refractivity contribution >= 4 is 22.8 Å². The third kappa shape index (κ3) is 2.39. The number of methoxy groups -OCH3 is 1. The summed E-state index contributed by atoms with van der Waals surface area (Å²) in [6.45, 7) is 0. The Labute approximate surface area is 124 Å². The molecule has 1 aromatic heterocycles. The lowest BCUT2D eigenvalue weighted by molar-refractivity contribution is -0.384. The number of carbonyl (C=O) groups excluding carboxylic acids is 1. The molecule has 3 rings (SSSR count). The van der Waals surface area contributed by atoms with Crippen LogP contribution in [0.2, 0.25) is 0 Å². The van der Waals surface area contributed by atoms with Gasteiger partial charge < -0.3 is 9.15 Å². The summed E-state index contributed by atoms with van der Waals surface area (Å²) in [7, 11) is 1.29. The van der Waals surface area contributed by atoms with Crippen molar-refractivity contribution in [1.82, 2.24) is 4.98 Å². The average molecular weight is 298 g/mol. The fourth-order valence-corrected chi connectivity index (χ4v) is 2.05. The second kappa shape index (κ2) is 5.28. The van der Waals surface area contributed by atoms with Crippen molar-refractivity contribution in [2.75, 3.05) is 7.11 Å². The Kier molecular flexibility index (Phi) is 3.30. The largest absolute Gasteiger partial charge is 0.465 e. The van der Waals surface area contributed by atoms with Crippen LogP contribution >= 0.6 is 0 Å². The molecular formula is C15H10N2O5. The van der Waals surface area contributed by atoms with Gasteiger partial charge in [0.2, 0.25) is 5.89 Å². The molecule has 0 unspecified atom stereocenters. The van der Waals surface area contributed by atoms with Gasteiger partial charge in [0, 0.05) is 17.7 Å². The predicted molar refractivity (Wildman–Crippen MR) is 77.4 cm³/mol. The molecule has 22 heavy (non-hydrogen) atoms. The Morgan fingerprint density at radius 2 is 2.09 bits per heavy atom. The minimum Gasteiger partial charge on any atom is -0.465 e. The van der Waals surface area contributed by atoms with E-state index in [4.69, 9.17) is 4.42 Å². The molecule has 0 N–H and O–H groups in total. The number of esters is 1. The van der Waals surface area contributed by atoms with E-state index in [1.54, 1.807) is 24.3 Å². The van der Waals surface area contributed by atoms with Crippen molar-refractivity contribution in [3.05, 3.63) is 58.1 Å². The molecular weight excluding hydrogens is 288 g/mol. The number of fused-ring (bicyclic) bond motifs is 1. The summed E-state index contributed by atoms with van der Waals surface area (Å²) in [5, 5.41) is 10.8. The first-order chi connectivity index (χ1) is 10.6. The quantitative estimate of drug-likeness (QED) is 0.418. The predicted octanol–water partition coefficient (Wildman–Crippen LogP) is 3.19. The van der Waals surface area contributed by atoms with Crippen LogP contribution in [0.25, 0.3) is 22.6 Å². The third-order valence-corrected chi connectivity index (χ3v) is 3.11. The lowest BCUT2D eigenvalue weighted by Crippen LogP contribution is -2.00. The molecule has 110 valence electrons. The zero-order valence-electron chi connectivity index (χ0n) is 11.5. The van der Waals surface area contributed by atoms with Gasteiger partial charge in [-0.1, -0.05) is 6.07 Å². The zero-order valence-corrected chi connectivity index (χ0v) is 11.5. The summed E-state index contributed by atoms with van der Waals surface area (Å²) in [5.41, 5.74) is 1.75. The summed E-state index contributed by atoms with van der Waals surface area (Å²) >= 11 is 0. The van der Waals surface area contributed by atoms with E-state index in [9.17, 15) is 14.9 Å². The van der Waals surface area contributed by atoms with Crippen LogP contribution in [0.5, 0.6) is 0 Å². The van der Waals surface area contributed by atoms with E-state index >= 15 is 0 Å². The van der Waals surface area contributed by atoms with Crippen LogP contribution in [0, 0.1) is 10.1 Å². The monoisotopic (exact) mass is 298 g/mol. The van der Waals surface area contributed by atoms with Crippen LogP contribution in [0.4, 0.5) is 5.69 Å². The van der Waals surface area contributed by atoms with Crippen molar-refractivity contribution in [3.8, 4) is 11.5 Å². The number of nitro benzene ring substituents is 1. The molecule has 2 aromatic carbocycles. The van der Waals surface area contributed by atoms with Gasteiger partial charge in [-0.25, -0.2) is 9.78 Å². The fraction of sp³-hybridized carbons (Fsp3) is 0.0667. The smallest absolute Gasteiger partial charge is 0.337 e. The fourth-order valence-electron chi connectivity index (χ4n) is 2.05. The van der Waals surface area contributed by atoms with Crippen LogP contribution in [-0.4, -0.2) is 23.0 Å². The SMILES string of the molecule is COC(=O)c1ccc2nc(-c3cccc([N+](=O)[O-])c3)oc2c1. The number of oxazole rings is 1. The van der Waals surface area contributed by atoms with Crippen LogP contribution in [0.15, 0.2) is 46.9 Å². The van der Waals surface area contributed by atoms with Gasteiger partial charge in [-0.2, -0.15) is 0 Å². The molecule has 0 aliphatic rings. The van der Waals surface area contributed by atoms with E-state index in [1.807, 2.05) is 0 Å². The van der Waals surface area contributed by atoms with Gasteiger partial charge in [-0.15, -0.1) is 0 Å². The molecule has 0 fully saturated rings. The molecule has 0 aliphatic heterocycles. The van der Waals surface area contributed by atoms with Crippen LogP contribution in [0.1, 0.15) is 10.4 Å². The number of carbonyl (C=O) groups is 1. The van der Waals surface area contributed by atoms with Crippen LogP contribution < -0.4 is 0 Å². The first kappa shape index (κ1) is 13.7. The van der Waals surface area contributed by atoms with E-state index in [0.717, 1.165) is 0 Å². The molecule has 0 radical (unpaired) electrons. The minimum atomic E-state index is -0.485. The van der Waals surface area contributed by atoms with Gasteiger partial charge in [-0.05, 0) is 24.3 Å². The number of rotatable bonds is 3. The number of non-ortho nitro benzene ring substituents is 1. The molecule has 7 heteroatoms. The molecule has 0 bridgehead atoms. The molecule has 0 saturated heterocycles. The molecule has 0 saturated carbocycles. The van der Waals surface area contributed by atoms with Crippen LogP contribution in [-0.2, 0) is 4.74 Å². The lowest BCUT2D eigenvalue weighted by Gasteiger charge is -1.97. The van der Waals surface area contributed by atoms with Gasteiger partial charge in [-0.3, -0.25) is 10.1 Å². The number of benzene rings is 2. The molecule has 7 nitrogen and oxygen atoms in total. The van der Waals surface area contributed by atoms with E-state index < -0.39 is 10.9 Å². The van der Waals surface area contributed by atoms with Crippen molar-refractivity contribution in [2.45, 2.75) is 0 Å². The maximum absolute atomic E-state index is 11.5. The zero-order chi connectivity index (χ0) is 15.7. The highest BCUT2D eigenvalue weighted by Gasteiger charge is 2.14. The molecule has 0 amide bonds. The van der Waals surface area contributed by atoms with Crippen molar-refractivity contribution < 1.29 is 18.9 Å². The number of aromatic nitrogens is 1. The maximum atomic E-state index is 11.5. The average Bonchev–Trinajstić information content (AvgIpc) is 2.97. The van der Waals surface area contributed by atoms with Crippen molar-refractivity contribution in [3.63, 3.8) is 0 Å². The standard InChI is InChI=1S/C15H10N2O5/c1-21-15(18)10-5-6-12-13(8-10)22-14(16-12)9-3-2-4-11(7-9)17(19)20/h2-8H,1H3. The van der Waals surface area contributed by atoms with E-state index in [1.165, 1.54) is 25.3 Å². The summed E-state index contributed by atoms with van der Waals surface area (Å²) in [4.78, 5) is 26.1. The highest BCUT2D eigenvalue weighted by atomic mass is 16.6. The Bertz CT molecular complexity index is 885. The second-order valence-corrected chi connectivity index (χ2v) is 4.50. The third-order valence-electron chi connectivity index (χ3n) is 3.11. The van der Waals surface area contributed by atoms with Gasteiger partial charge in [0.25, 0.3) is 5.69 Å². The van der Waals surface area contributed by atoms with E-state index in [-0.39, 0.29) is 11.6 Å². The number of nitrogens with zero attached hydrogens (tertiary/aromatic N) is 2. The highest BCUT2D eigenvalue weighted by Crippen LogP contribution is 2.27. The Hall–Kier alpha value is -3.22. The first-order valence-corrected chi connectivity index (χ1v) is 6.32. The van der Waals surface area contributed by atoms with Crippen molar-refractivity contribution in [2.24, 2.45) is 0 Å². The van der Waals surface area contributed by atoms with Gasteiger partial charge in [0.05, 0.1) is 17.6 Å². The van der Waals surface area contributed by atoms with Gasteiger partial charge in [0.1, 0.15) is 5.52 Å². The topological polar surface area (TPSA) is 95.5 Å². The molecule has 0 spiro atoms. The number of ether oxygens (including phenoxy) is 1.